The lowest BCUT2D eigenvalue weighted by molar-refractivity contribution is -0.127. The number of ether oxygens (including phenoxy) is 3. The number of aliphatic hydroxyl groups is 1. The molecule has 0 radical (unpaired) electrons. The number of likely N-dealkylation sites (tertiary alicyclic amines) is 1. The van der Waals surface area contributed by atoms with Crippen molar-refractivity contribution < 1.29 is 29.2 Å². The second-order valence-electron chi connectivity index (χ2n) is 11.7. The van der Waals surface area contributed by atoms with E-state index in [0.29, 0.717) is 12.3 Å². The maximum atomic E-state index is 13.4. The second-order valence-corrected chi connectivity index (χ2v) is 11.7. The minimum Gasteiger partial charge on any atom is -0.502 e. The fraction of sp³-hybridized carbons (Fsp3) is 0.486. The minimum absolute atomic E-state index is 0. The number of aryl methyl sites for hydroxylation is 2. The number of nitrogens with one attached hydrogen (secondary N) is 1. The van der Waals surface area contributed by atoms with Crippen LogP contribution in [0.25, 0.3) is 0 Å². The van der Waals surface area contributed by atoms with E-state index in [1.807, 2.05) is 12.1 Å². The van der Waals surface area contributed by atoms with Gasteiger partial charge in [0, 0.05) is 30.6 Å². The summed E-state index contributed by atoms with van der Waals surface area (Å²) in [4.78, 5) is 15.5. The molecule has 0 bridgehead atoms. The normalized spacial score (nSPS) is 14.4. The van der Waals surface area contributed by atoms with E-state index >= 15 is 0 Å². The number of piperidine rings is 1. The van der Waals surface area contributed by atoms with Gasteiger partial charge in [-0.2, -0.15) is 0 Å². The number of phenolic OH excluding ortho intramolecular Hbond substituents is 1. The van der Waals surface area contributed by atoms with Gasteiger partial charge in [0.1, 0.15) is 18.5 Å². The van der Waals surface area contributed by atoms with Crippen LogP contribution >= 0.6 is 0 Å². The average Bonchev–Trinajstić information content (AvgIpc) is 3.05. The van der Waals surface area contributed by atoms with Crippen LogP contribution in [-0.4, -0.2) is 73.6 Å². The molecule has 3 N–H and O–H groups in total. The zero-order valence-corrected chi connectivity index (χ0v) is 26.1. The molecule has 1 aliphatic rings. The van der Waals surface area contributed by atoms with Crippen LogP contribution in [0.4, 0.5) is 0 Å². The first-order valence-corrected chi connectivity index (χ1v) is 15.8. The van der Waals surface area contributed by atoms with Gasteiger partial charge >= 0.3 is 0 Å². The number of amides is 1. The number of β-amino-alcohol motifs (C(OH)–C–C–N with tert-alkyl or cyclic N) is 1. The number of rotatable bonds is 17. The van der Waals surface area contributed by atoms with Crippen molar-refractivity contribution in [2.24, 2.45) is 5.92 Å². The van der Waals surface area contributed by atoms with E-state index in [2.05, 4.69) is 58.7 Å². The Bertz CT molecular complexity index is 1190. The van der Waals surface area contributed by atoms with Gasteiger partial charge in [-0.3, -0.25) is 4.79 Å². The number of nitrogens with zero attached hydrogens (tertiary/aromatic N) is 1. The van der Waals surface area contributed by atoms with Gasteiger partial charge in [0.15, 0.2) is 11.5 Å². The lowest BCUT2D eigenvalue weighted by Crippen LogP contribution is -2.46. The third-order valence-corrected chi connectivity index (χ3v) is 8.39. The third kappa shape index (κ3) is 11.6. The molecule has 1 aliphatic heterocycles. The molecule has 1 unspecified atom stereocenters. The molecule has 1 saturated heterocycles. The van der Waals surface area contributed by atoms with Crippen LogP contribution in [-0.2, 0) is 17.6 Å². The van der Waals surface area contributed by atoms with E-state index in [1.54, 1.807) is 12.1 Å². The summed E-state index contributed by atoms with van der Waals surface area (Å²) in [5, 5.41) is 24.1. The Morgan fingerprint density at radius 1 is 0.889 bits per heavy atom. The van der Waals surface area contributed by atoms with E-state index in [9.17, 15) is 15.0 Å². The predicted molar refractivity (Wildman–Crippen MR) is 179 cm³/mol. The molecule has 246 valence electrons. The summed E-state index contributed by atoms with van der Waals surface area (Å²) in [6, 6.07) is 24.4. The van der Waals surface area contributed by atoms with Gasteiger partial charge in [0.05, 0.1) is 14.2 Å². The summed E-state index contributed by atoms with van der Waals surface area (Å²) in [6.07, 6.45) is 6.90. The monoisotopic (exact) mass is 620 g/mol. The van der Waals surface area contributed by atoms with Gasteiger partial charge in [0.2, 0.25) is 11.7 Å². The highest BCUT2D eigenvalue weighted by Gasteiger charge is 2.27. The fourth-order valence-corrected chi connectivity index (χ4v) is 5.88. The zero-order valence-electron chi connectivity index (χ0n) is 26.1. The van der Waals surface area contributed by atoms with Crippen molar-refractivity contribution in [1.29, 1.82) is 0 Å². The number of aromatic hydroxyl groups is 1. The van der Waals surface area contributed by atoms with Crippen LogP contribution in [0.15, 0.2) is 72.8 Å². The molecule has 8 nitrogen and oxygen atoms in total. The molecule has 1 amide bonds. The largest absolute Gasteiger partial charge is 0.502 e. The Morgan fingerprint density at radius 2 is 1.40 bits per heavy atom. The number of methoxy groups -OCH3 is 2. The van der Waals surface area contributed by atoms with Gasteiger partial charge < -0.3 is 34.6 Å². The van der Waals surface area contributed by atoms with Crippen LogP contribution < -0.4 is 19.5 Å². The molecule has 0 aromatic heterocycles. The summed E-state index contributed by atoms with van der Waals surface area (Å²) in [5.41, 5.74) is 2.67. The summed E-state index contributed by atoms with van der Waals surface area (Å²) in [5.74, 6) is 0.969. The quantitative estimate of drug-likeness (QED) is 0.170. The average molecular weight is 621 g/mol. The van der Waals surface area contributed by atoms with Gasteiger partial charge in [-0.15, -0.1) is 0 Å². The number of carbonyl (C=O) groups is 1. The summed E-state index contributed by atoms with van der Waals surface area (Å²) in [7, 11) is 2.91. The zero-order chi connectivity index (χ0) is 31.1. The van der Waals surface area contributed by atoms with Gasteiger partial charge in [-0.25, -0.2) is 0 Å². The topological polar surface area (TPSA) is 100 Å². The lowest BCUT2D eigenvalue weighted by atomic mass is 9.94. The highest BCUT2D eigenvalue weighted by Crippen LogP contribution is 2.39. The Labute approximate surface area is 269 Å². The molecule has 0 saturated carbocycles. The van der Waals surface area contributed by atoms with Gasteiger partial charge in [0.25, 0.3) is 0 Å². The number of aliphatic hydroxyl groups excluding tert-OH is 1. The van der Waals surface area contributed by atoms with Crippen LogP contribution in [0.5, 0.6) is 23.0 Å². The molecular formula is C37H52N2O6. The first-order chi connectivity index (χ1) is 21.4. The lowest BCUT2D eigenvalue weighted by Gasteiger charge is -2.33. The van der Waals surface area contributed by atoms with Crippen LogP contribution in [0.3, 0.4) is 0 Å². The maximum absolute atomic E-state index is 13.4. The molecule has 0 aliphatic carbocycles. The molecule has 8 heteroatoms. The summed E-state index contributed by atoms with van der Waals surface area (Å²) >= 11 is 0. The number of phenols is 1. The molecule has 1 atom stereocenters. The number of hydrogen-bond donors (Lipinski definition) is 3. The highest BCUT2D eigenvalue weighted by atomic mass is 16.5. The van der Waals surface area contributed by atoms with Crippen molar-refractivity contribution in [3.63, 3.8) is 0 Å². The van der Waals surface area contributed by atoms with E-state index in [4.69, 9.17) is 14.2 Å². The Kier molecular flexibility index (Phi) is 15.0. The van der Waals surface area contributed by atoms with Crippen molar-refractivity contribution >= 4 is 5.91 Å². The second kappa shape index (κ2) is 18.9. The Hall–Kier alpha value is -3.75. The molecule has 1 fully saturated rings. The van der Waals surface area contributed by atoms with Crippen molar-refractivity contribution in [3.05, 3.63) is 83.9 Å². The molecule has 4 rings (SSSR count). The summed E-state index contributed by atoms with van der Waals surface area (Å²) in [6.45, 7) is 2.05. The maximum Gasteiger partial charge on any atom is 0.223 e. The third-order valence-electron chi connectivity index (χ3n) is 8.39. The van der Waals surface area contributed by atoms with Gasteiger partial charge in [-0.1, -0.05) is 68.1 Å². The Morgan fingerprint density at radius 3 is 1.89 bits per heavy atom. The Balaban J connectivity index is 0.00000552. The van der Waals surface area contributed by atoms with Crippen molar-refractivity contribution in [2.45, 2.75) is 70.9 Å². The van der Waals surface area contributed by atoms with E-state index in [0.717, 1.165) is 64.5 Å². The molecule has 45 heavy (non-hydrogen) atoms. The minimum atomic E-state index is -0.704. The fourth-order valence-electron chi connectivity index (χ4n) is 5.88. The van der Waals surface area contributed by atoms with E-state index in [-0.39, 0.29) is 49.1 Å². The van der Waals surface area contributed by atoms with Crippen LogP contribution in [0.1, 0.15) is 57.1 Å². The molecule has 0 spiro atoms. The number of hydrogen-bond acceptors (Lipinski definition) is 7. The first kappa shape index (κ1) is 35.7. The van der Waals surface area contributed by atoms with Gasteiger partial charge in [-0.05, 0) is 75.6 Å². The van der Waals surface area contributed by atoms with Crippen molar-refractivity contribution in [2.75, 3.05) is 40.5 Å². The van der Waals surface area contributed by atoms with E-state index < -0.39 is 6.10 Å². The standard InChI is InChI=1S/C36H48N2O6.CH4/c1-42-33-23-32(24-34(43-2)35(33)40)44-26-31(39)25-38-21-19-29(20-22-38)36(41)37-30(17-9-15-27-11-5-3-6-12-27)18-10-16-28-13-7-4-8-14-28;/h3-8,11-14,23-24,29-31,39-40H,9-10,15-22,25-26H2,1-2H3,(H,37,41);1H4. The molecule has 3 aromatic rings. The number of benzene rings is 3. The highest BCUT2D eigenvalue weighted by molar-refractivity contribution is 5.79. The molecular weight excluding hydrogens is 568 g/mol. The smallest absolute Gasteiger partial charge is 0.223 e. The molecule has 3 aromatic carbocycles. The first-order valence-electron chi connectivity index (χ1n) is 15.8. The van der Waals surface area contributed by atoms with Crippen LogP contribution in [0.2, 0.25) is 0 Å². The SMILES string of the molecule is C.COc1cc(OCC(O)CN2CCC(C(=O)NC(CCCc3ccccc3)CCCc3ccccc3)CC2)cc(OC)c1O. The van der Waals surface area contributed by atoms with E-state index in [1.165, 1.54) is 25.3 Å². The van der Waals surface area contributed by atoms with Crippen LogP contribution in [0, 0.1) is 5.92 Å². The van der Waals surface area contributed by atoms with Crippen molar-refractivity contribution in [3.8, 4) is 23.0 Å². The van der Waals surface area contributed by atoms with Crippen molar-refractivity contribution in [1.82, 2.24) is 10.2 Å². The predicted octanol–water partition coefficient (Wildman–Crippen LogP) is 6.03. The molecule has 1 heterocycles. The summed E-state index contributed by atoms with van der Waals surface area (Å²) < 4.78 is 16.1. The number of carbonyl (C=O) groups excluding carboxylic acids is 1.